The van der Waals surface area contributed by atoms with Crippen LogP contribution in [0.1, 0.15) is 17.4 Å². The van der Waals surface area contributed by atoms with Crippen LogP contribution < -0.4 is 0 Å². The normalized spacial score (nSPS) is 10.5. The van der Waals surface area contributed by atoms with E-state index in [0.717, 1.165) is 6.42 Å². The third kappa shape index (κ3) is 2.48. The summed E-state index contributed by atoms with van der Waals surface area (Å²) in [4.78, 5) is 2.73. The van der Waals surface area contributed by atoms with Gasteiger partial charge in [0.25, 0.3) is 0 Å². The molecule has 0 atom stereocenters. The minimum absolute atomic E-state index is 1.06. The summed E-state index contributed by atoms with van der Waals surface area (Å²) in [6, 6.07) is 13.2. The van der Waals surface area contributed by atoms with E-state index in [-0.39, 0.29) is 0 Å². The van der Waals surface area contributed by atoms with Gasteiger partial charge in [0, 0.05) is 9.75 Å². The van der Waals surface area contributed by atoms with Crippen LogP contribution >= 0.6 is 11.3 Å². The molecule has 0 bridgehead atoms. The molecule has 0 saturated carbocycles. The molecule has 1 radical (unpaired) electrons. The molecule has 0 unspecified atom stereocenters. The average Bonchev–Trinajstić information content (AvgIpc) is 2.67. The lowest BCUT2D eigenvalue weighted by atomic mass is 10.1. The summed E-state index contributed by atoms with van der Waals surface area (Å²) in [5, 5.41) is 0. The molecule has 0 amide bonds. The van der Waals surface area contributed by atoms with Crippen molar-refractivity contribution in [1.82, 2.24) is 0 Å². The summed E-state index contributed by atoms with van der Waals surface area (Å²) in [6.07, 6.45) is 3.24. The van der Waals surface area contributed by atoms with Crippen LogP contribution in [0.2, 0.25) is 0 Å². The second-order valence-corrected chi connectivity index (χ2v) is 5.01. The van der Waals surface area contributed by atoms with Crippen molar-refractivity contribution in [2.75, 3.05) is 0 Å². The predicted octanol–water partition coefficient (Wildman–Crippen LogP) is 4.49. The minimum Gasteiger partial charge on any atom is -0.141 e. The topological polar surface area (TPSA) is 0 Å². The molecule has 1 aromatic carbocycles. The number of hydrogen-bond donors (Lipinski definition) is 0. The number of aryl methyl sites for hydroxylation is 1. The Morgan fingerprint density at radius 2 is 1.80 bits per heavy atom. The standard InChI is InChI=1S/C14H15S/c1-3-4-12-6-8-13(9-7-12)14-10-5-11(2)15-14/h3,5-10H,4H2,1-2H3. The summed E-state index contributed by atoms with van der Waals surface area (Å²) in [5.74, 6) is 0. The molecule has 0 nitrogen and oxygen atoms in total. The molecule has 1 heterocycles. The van der Waals surface area contributed by atoms with Crippen molar-refractivity contribution in [3.05, 3.63) is 53.3 Å². The van der Waals surface area contributed by atoms with Crippen molar-refractivity contribution >= 4 is 11.3 Å². The zero-order valence-corrected chi connectivity index (χ0v) is 9.97. The zero-order chi connectivity index (χ0) is 10.7. The second-order valence-electron chi connectivity index (χ2n) is 3.72. The van der Waals surface area contributed by atoms with Crippen LogP contribution in [0.25, 0.3) is 10.4 Å². The van der Waals surface area contributed by atoms with Crippen LogP contribution in [0, 0.1) is 13.3 Å². The van der Waals surface area contributed by atoms with Gasteiger partial charge in [-0.15, -0.1) is 11.3 Å². The molecule has 0 aliphatic carbocycles. The molecule has 15 heavy (non-hydrogen) atoms. The van der Waals surface area contributed by atoms with Gasteiger partial charge in [-0.3, -0.25) is 0 Å². The van der Waals surface area contributed by atoms with Crippen LogP contribution in [0.3, 0.4) is 0 Å². The summed E-state index contributed by atoms with van der Waals surface area (Å²) in [5.41, 5.74) is 2.71. The Kier molecular flexibility index (Phi) is 3.22. The van der Waals surface area contributed by atoms with Crippen LogP contribution in [-0.2, 0) is 6.42 Å². The highest BCUT2D eigenvalue weighted by molar-refractivity contribution is 7.15. The van der Waals surface area contributed by atoms with E-state index in [1.54, 1.807) is 0 Å². The molecular weight excluding hydrogens is 200 g/mol. The summed E-state index contributed by atoms with van der Waals surface area (Å²) in [6.45, 7) is 4.24. The third-order valence-electron chi connectivity index (χ3n) is 2.42. The Hall–Kier alpha value is -1.08. The molecule has 0 N–H and O–H groups in total. The van der Waals surface area contributed by atoms with Gasteiger partial charge >= 0.3 is 0 Å². The molecule has 2 aromatic rings. The van der Waals surface area contributed by atoms with Gasteiger partial charge in [0.05, 0.1) is 0 Å². The molecular formula is C14H15S. The van der Waals surface area contributed by atoms with Gasteiger partial charge in [-0.05, 0) is 43.0 Å². The maximum atomic E-state index is 2.21. The van der Waals surface area contributed by atoms with Gasteiger partial charge in [0.2, 0.25) is 0 Å². The Labute approximate surface area is 95.6 Å². The van der Waals surface area contributed by atoms with Crippen molar-refractivity contribution in [3.63, 3.8) is 0 Å². The fraction of sp³-hybridized carbons (Fsp3) is 0.214. The highest BCUT2D eigenvalue weighted by Crippen LogP contribution is 2.27. The molecule has 0 saturated heterocycles. The van der Waals surface area contributed by atoms with Crippen LogP contribution in [0.15, 0.2) is 36.4 Å². The quantitative estimate of drug-likeness (QED) is 0.707. The first kappa shape index (κ1) is 10.4. The molecule has 77 valence electrons. The number of benzene rings is 1. The first-order valence-electron chi connectivity index (χ1n) is 5.23. The van der Waals surface area contributed by atoms with Crippen LogP contribution in [-0.4, -0.2) is 0 Å². The van der Waals surface area contributed by atoms with E-state index in [0.29, 0.717) is 0 Å². The molecule has 1 aromatic heterocycles. The second kappa shape index (κ2) is 4.63. The fourth-order valence-corrected chi connectivity index (χ4v) is 2.50. The first-order valence-corrected chi connectivity index (χ1v) is 6.05. The smallest absolute Gasteiger partial charge is 0.0345 e. The highest BCUT2D eigenvalue weighted by Gasteiger charge is 2.00. The molecule has 1 heteroatoms. The van der Waals surface area contributed by atoms with E-state index in [2.05, 4.69) is 56.7 Å². The Balaban J connectivity index is 2.23. The maximum Gasteiger partial charge on any atom is 0.0345 e. The summed E-state index contributed by atoms with van der Waals surface area (Å²) in [7, 11) is 0. The van der Waals surface area contributed by atoms with Gasteiger partial charge in [-0.1, -0.05) is 31.2 Å². The Morgan fingerprint density at radius 3 is 2.33 bits per heavy atom. The number of rotatable bonds is 3. The summed E-state index contributed by atoms with van der Waals surface area (Å²) < 4.78 is 0. The van der Waals surface area contributed by atoms with Crippen LogP contribution in [0.4, 0.5) is 0 Å². The zero-order valence-electron chi connectivity index (χ0n) is 9.16. The Bertz CT molecular complexity index is 423. The highest BCUT2D eigenvalue weighted by atomic mass is 32.1. The van der Waals surface area contributed by atoms with Gasteiger partial charge in [0.15, 0.2) is 0 Å². The lowest BCUT2D eigenvalue weighted by Gasteiger charge is -2.00. The van der Waals surface area contributed by atoms with E-state index < -0.39 is 0 Å². The fourth-order valence-electron chi connectivity index (χ4n) is 1.63. The van der Waals surface area contributed by atoms with Crippen molar-refractivity contribution in [3.8, 4) is 10.4 Å². The third-order valence-corrected chi connectivity index (χ3v) is 3.47. The summed E-state index contributed by atoms with van der Waals surface area (Å²) >= 11 is 1.85. The average molecular weight is 215 g/mol. The monoisotopic (exact) mass is 215 g/mol. The van der Waals surface area contributed by atoms with Crippen LogP contribution in [0.5, 0.6) is 0 Å². The number of thiophene rings is 1. The van der Waals surface area contributed by atoms with Crippen molar-refractivity contribution in [2.45, 2.75) is 20.3 Å². The van der Waals surface area contributed by atoms with Gasteiger partial charge < -0.3 is 0 Å². The molecule has 2 rings (SSSR count). The van der Waals surface area contributed by atoms with E-state index in [1.165, 1.54) is 20.9 Å². The van der Waals surface area contributed by atoms with E-state index in [9.17, 15) is 0 Å². The SMILES string of the molecule is C[CH]Cc1ccc(-c2ccc(C)s2)cc1. The maximum absolute atomic E-state index is 2.21. The van der Waals surface area contributed by atoms with E-state index in [1.807, 2.05) is 11.3 Å². The lowest BCUT2D eigenvalue weighted by molar-refractivity contribution is 1.14. The molecule has 0 aliphatic heterocycles. The van der Waals surface area contributed by atoms with E-state index in [4.69, 9.17) is 0 Å². The lowest BCUT2D eigenvalue weighted by Crippen LogP contribution is -1.82. The molecule has 0 aliphatic rings. The number of hydrogen-bond acceptors (Lipinski definition) is 1. The van der Waals surface area contributed by atoms with Gasteiger partial charge in [-0.2, -0.15) is 0 Å². The predicted molar refractivity (Wildman–Crippen MR) is 68.2 cm³/mol. The van der Waals surface area contributed by atoms with E-state index >= 15 is 0 Å². The largest absolute Gasteiger partial charge is 0.141 e. The minimum atomic E-state index is 1.06. The van der Waals surface area contributed by atoms with Crippen molar-refractivity contribution in [1.29, 1.82) is 0 Å². The Morgan fingerprint density at radius 1 is 1.07 bits per heavy atom. The molecule has 0 spiro atoms. The van der Waals surface area contributed by atoms with Gasteiger partial charge in [-0.25, -0.2) is 0 Å². The van der Waals surface area contributed by atoms with Crippen molar-refractivity contribution in [2.24, 2.45) is 0 Å². The first-order chi connectivity index (χ1) is 7.29. The van der Waals surface area contributed by atoms with Gasteiger partial charge in [0.1, 0.15) is 0 Å². The van der Waals surface area contributed by atoms with Crippen molar-refractivity contribution < 1.29 is 0 Å². The molecule has 0 fully saturated rings.